The molecule has 4 heteroatoms. The molecule has 2 heterocycles. The normalized spacial score (nSPS) is 22.4. The smallest absolute Gasteiger partial charge is 0.0334 e. The van der Waals surface area contributed by atoms with Gasteiger partial charge in [-0.2, -0.15) is 0 Å². The van der Waals surface area contributed by atoms with Gasteiger partial charge in [0.15, 0.2) is 0 Å². The van der Waals surface area contributed by atoms with Gasteiger partial charge >= 0.3 is 0 Å². The molecule has 1 aliphatic rings. The third-order valence-electron chi connectivity index (χ3n) is 2.95. The second-order valence-corrected chi connectivity index (χ2v) is 5.05. The fraction of sp³-hybridized carbons (Fsp3) is 0.636. The van der Waals surface area contributed by atoms with E-state index in [0.717, 1.165) is 19.6 Å². The zero-order valence-electron chi connectivity index (χ0n) is 9.32. The summed E-state index contributed by atoms with van der Waals surface area (Å²) in [7, 11) is 0. The van der Waals surface area contributed by atoms with Crippen LogP contribution in [0.25, 0.3) is 0 Å². The molecule has 0 aliphatic carbocycles. The Hall–Kier alpha value is -0.0900. The standard InChI is InChI=1S/C11H18N2S.ClH/c1-9-3-6-14-11(9)8-13-5-4-12-7-10(13)2;/h3,6,10,12H,4-5,7-8H2,1-2H3;1H/t10-;/m1./s1. The molecule has 86 valence electrons. The molecule has 1 saturated heterocycles. The molecule has 0 unspecified atom stereocenters. The van der Waals surface area contributed by atoms with Crippen LogP contribution in [0.5, 0.6) is 0 Å². The Morgan fingerprint density at radius 3 is 3.00 bits per heavy atom. The van der Waals surface area contributed by atoms with E-state index in [1.807, 2.05) is 11.3 Å². The lowest BCUT2D eigenvalue weighted by Gasteiger charge is -2.33. The van der Waals surface area contributed by atoms with Crippen molar-refractivity contribution in [2.75, 3.05) is 19.6 Å². The van der Waals surface area contributed by atoms with Crippen molar-refractivity contribution in [2.45, 2.75) is 26.4 Å². The molecule has 0 amide bonds. The van der Waals surface area contributed by atoms with Gasteiger partial charge in [-0.25, -0.2) is 0 Å². The highest BCUT2D eigenvalue weighted by molar-refractivity contribution is 7.10. The van der Waals surface area contributed by atoms with Crippen molar-refractivity contribution in [2.24, 2.45) is 0 Å². The lowest BCUT2D eigenvalue weighted by molar-refractivity contribution is 0.167. The van der Waals surface area contributed by atoms with E-state index in [1.165, 1.54) is 17.0 Å². The van der Waals surface area contributed by atoms with Crippen molar-refractivity contribution < 1.29 is 0 Å². The Bertz CT molecular complexity index is 301. The summed E-state index contributed by atoms with van der Waals surface area (Å²) in [6, 6.07) is 2.89. The first-order valence-electron chi connectivity index (χ1n) is 5.25. The third kappa shape index (κ3) is 3.18. The molecular formula is C11H19ClN2S. The van der Waals surface area contributed by atoms with Gasteiger partial charge in [0.05, 0.1) is 0 Å². The summed E-state index contributed by atoms with van der Waals surface area (Å²) in [5.41, 5.74) is 1.45. The second-order valence-electron chi connectivity index (χ2n) is 4.05. The molecule has 1 N–H and O–H groups in total. The van der Waals surface area contributed by atoms with E-state index in [1.54, 1.807) is 0 Å². The minimum absolute atomic E-state index is 0. The number of rotatable bonds is 2. The summed E-state index contributed by atoms with van der Waals surface area (Å²) in [6.45, 7) is 9.08. The maximum atomic E-state index is 3.42. The molecule has 1 fully saturated rings. The number of hydrogen-bond donors (Lipinski definition) is 1. The van der Waals surface area contributed by atoms with Crippen LogP contribution in [0, 0.1) is 6.92 Å². The summed E-state index contributed by atoms with van der Waals surface area (Å²) >= 11 is 1.88. The van der Waals surface area contributed by atoms with Crippen LogP contribution in [-0.2, 0) is 6.54 Å². The predicted molar refractivity (Wildman–Crippen MR) is 69.0 cm³/mol. The monoisotopic (exact) mass is 246 g/mol. The SMILES string of the molecule is Cc1ccsc1CN1CCNC[C@H]1C.Cl. The highest BCUT2D eigenvalue weighted by Gasteiger charge is 2.18. The lowest BCUT2D eigenvalue weighted by Crippen LogP contribution is -2.49. The molecule has 0 radical (unpaired) electrons. The zero-order chi connectivity index (χ0) is 9.97. The van der Waals surface area contributed by atoms with E-state index in [9.17, 15) is 0 Å². The van der Waals surface area contributed by atoms with Gasteiger partial charge in [-0.05, 0) is 30.9 Å². The Balaban J connectivity index is 0.00000112. The van der Waals surface area contributed by atoms with Crippen LogP contribution in [-0.4, -0.2) is 30.6 Å². The quantitative estimate of drug-likeness (QED) is 0.862. The van der Waals surface area contributed by atoms with Gasteiger partial charge in [0.25, 0.3) is 0 Å². The van der Waals surface area contributed by atoms with Gasteiger partial charge in [0.2, 0.25) is 0 Å². The van der Waals surface area contributed by atoms with Gasteiger partial charge in [-0.1, -0.05) is 0 Å². The molecule has 0 aromatic carbocycles. The molecule has 1 aliphatic heterocycles. The Labute approximate surface area is 102 Å². The number of halogens is 1. The summed E-state index contributed by atoms with van der Waals surface area (Å²) in [6.07, 6.45) is 0. The Morgan fingerprint density at radius 1 is 1.60 bits per heavy atom. The van der Waals surface area contributed by atoms with E-state index in [2.05, 4.69) is 35.5 Å². The van der Waals surface area contributed by atoms with Crippen LogP contribution in [0.4, 0.5) is 0 Å². The van der Waals surface area contributed by atoms with Crippen molar-refractivity contribution in [3.05, 3.63) is 21.9 Å². The van der Waals surface area contributed by atoms with Gasteiger partial charge in [0.1, 0.15) is 0 Å². The topological polar surface area (TPSA) is 15.3 Å². The minimum atomic E-state index is 0. The average molecular weight is 247 g/mol. The number of nitrogens with one attached hydrogen (secondary N) is 1. The van der Waals surface area contributed by atoms with Crippen LogP contribution in [0.1, 0.15) is 17.4 Å². The van der Waals surface area contributed by atoms with Crippen LogP contribution >= 0.6 is 23.7 Å². The Morgan fingerprint density at radius 2 is 2.40 bits per heavy atom. The third-order valence-corrected chi connectivity index (χ3v) is 3.96. The summed E-state index contributed by atoms with van der Waals surface area (Å²) in [5.74, 6) is 0. The molecule has 1 atom stereocenters. The van der Waals surface area contributed by atoms with Crippen molar-refractivity contribution in [3.63, 3.8) is 0 Å². The van der Waals surface area contributed by atoms with Gasteiger partial charge < -0.3 is 5.32 Å². The van der Waals surface area contributed by atoms with Gasteiger partial charge in [0, 0.05) is 37.1 Å². The molecule has 0 bridgehead atoms. The predicted octanol–water partition coefficient (Wildman–Crippen LogP) is 2.27. The summed E-state index contributed by atoms with van der Waals surface area (Å²) in [4.78, 5) is 4.09. The first-order valence-corrected chi connectivity index (χ1v) is 6.13. The number of piperazine rings is 1. The highest BCUT2D eigenvalue weighted by atomic mass is 35.5. The maximum Gasteiger partial charge on any atom is 0.0334 e. The van der Waals surface area contributed by atoms with Crippen molar-refractivity contribution >= 4 is 23.7 Å². The fourth-order valence-corrected chi connectivity index (χ4v) is 2.80. The van der Waals surface area contributed by atoms with Gasteiger partial charge in [-0.3, -0.25) is 4.90 Å². The van der Waals surface area contributed by atoms with Crippen LogP contribution in [0.2, 0.25) is 0 Å². The number of aryl methyl sites for hydroxylation is 1. The lowest BCUT2D eigenvalue weighted by atomic mass is 10.2. The van der Waals surface area contributed by atoms with E-state index in [0.29, 0.717) is 6.04 Å². The average Bonchev–Trinajstić information content (AvgIpc) is 2.56. The first kappa shape index (κ1) is 13.0. The second kappa shape index (κ2) is 5.85. The van der Waals surface area contributed by atoms with E-state index in [4.69, 9.17) is 0 Å². The zero-order valence-corrected chi connectivity index (χ0v) is 11.0. The van der Waals surface area contributed by atoms with Crippen molar-refractivity contribution in [1.82, 2.24) is 10.2 Å². The maximum absolute atomic E-state index is 3.42. The molecule has 1 aromatic heterocycles. The summed E-state index contributed by atoms with van der Waals surface area (Å²) < 4.78 is 0. The minimum Gasteiger partial charge on any atom is -0.314 e. The number of thiophene rings is 1. The van der Waals surface area contributed by atoms with Crippen LogP contribution in [0.3, 0.4) is 0 Å². The molecule has 2 nitrogen and oxygen atoms in total. The van der Waals surface area contributed by atoms with E-state index < -0.39 is 0 Å². The highest BCUT2D eigenvalue weighted by Crippen LogP contribution is 2.19. The largest absolute Gasteiger partial charge is 0.314 e. The molecule has 2 rings (SSSR count). The van der Waals surface area contributed by atoms with Gasteiger partial charge in [-0.15, -0.1) is 23.7 Å². The van der Waals surface area contributed by atoms with Crippen LogP contribution in [0.15, 0.2) is 11.4 Å². The fourth-order valence-electron chi connectivity index (χ4n) is 1.87. The molecule has 1 aromatic rings. The Kier molecular flexibility index (Phi) is 5.06. The molecular weight excluding hydrogens is 228 g/mol. The number of hydrogen-bond acceptors (Lipinski definition) is 3. The van der Waals surface area contributed by atoms with Crippen molar-refractivity contribution in [1.29, 1.82) is 0 Å². The molecule has 0 spiro atoms. The first-order chi connectivity index (χ1) is 6.77. The molecule has 15 heavy (non-hydrogen) atoms. The van der Waals surface area contributed by atoms with Crippen LogP contribution < -0.4 is 5.32 Å². The van der Waals surface area contributed by atoms with E-state index >= 15 is 0 Å². The summed E-state index contributed by atoms with van der Waals surface area (Å²) in [5, 5.41) is 5.61. The van der Waals surface area contributed by atoms with Crippen molar-refractivity contribution in [3.8, 4) is 0 Å². The van der Waals surface area contributed by atoms with E-state index in [-0.39, 0.29) is 12.4 Å². The molecule has 0 saturated carbocycles. The number of nitrogens with zero attached hydrogens (tertiary/aromatic N) is 1.